The third-order valence-corrected chi connectivity index (χ3v) is 4.06. The van der Waals surface area contributed by atoms with E-state index < -0.39 is 0 Å². The van der Waals surface area contributed by atoms with Gasteiger partial charge in [-0.25, -0.2) is 9.97 Å². The number of carbonyl (C=O) groups excluding carboxylic acids is 2. The molecule has 5 nitrogen and oxygen atoms in total. The van der Waals surface area contributed by atoms with Crippen molar-refractivity contribution in [3.05, 3.63) is 17.0 Å². The first-order chi connectivity index (χ1) is 8.56. The summed E-state index contributed by atoms with van der Waals surface area (Å²) in [4.78, 5) is 32.6. The van der Waals surface area contributed by atoms with Gasteiger partial charge in [-0.15, -0.1) is 0 Å². The highest BCUT2D eigenvalue weighted by Crippen LogP contribution is 2.26. The Hall–Kier alpha value is -0.950. The number of rotatable bonds is 3. The largest absolute Gasteiger partial charge is 0.295 e. The number of nitrogens with zero attached hydrogens (tertiary/aromatic N) is 3. The number of aromatic nitrogens is 2. The molecule has 1 unspecified atom stereocenters. The second-order valence-electron chi connectivity index (χ2n) is 4.07. The normalized spacial score (nSPS) is 19.3. The molecule has 1 aromatic rings. The predicted octanol–water partition coefficient (Wildman–Crippen LogP) is 1.87. The fourth-order valence-corrected chi connectivity index (χ4v) is 2.69. The highest BCUT2D eigenvalue weighted by Gasteiger charge is 2.31. The zero-order chi connectivity index (χ0) is 13.1. The molecule has 0 N–H and O–H groups in total. The second-order valence-corrected chi connectivity index (χ2v) is 6.08. The van der Waals surface area contributed by atoms with Crippen molar-refractivity contribution >= 4 is 44.5 Å². The van der Waals surface area contributed by atoms with Crippen LogP contribution in [0.5, 0.6) is 0 Å². The summed E-state index contributed by atoms with van der Waals surface area (Å²) in [6, 6.07) is 0. The van der Waals surface area contributed by atoms with E-state index in [9.17, 15) is 9.59 Å². The van der Waals surface area contributed by atoms with Crippen LogP contribution in [0.25, 0.3) is 0 Å². The van der Waals surface area contributed by atoms with Crippen molar-refractivity contribution in [2.45, 2.75) is 13.3 Å². The van der Waals surface area contributed by atoms with E-state index in [1.807, 2.05) is 0 Å². The highest BCUT2D eigenvalue weighted by molar-refractivity contribution is 9.10. The molecule has 0 spiro atoms. The second kappa shape index (κ2) is 5.79. The molecular formula is C11H12BrN3O2S. The van der Waals surface area contributed by atoms with Crippen LogP contribution in [0, 0.1) is 5.92 Å². The molecule has 1 aliphatic heterocycles. The third-order valence-electron chi connectivity index (χ3n) is 2.61. The number of thioether (sulfide) groups is 1. The average Bonchev–Trinajstić information content (AvgIpc) is 2.69. The molecule has 96 valence electrons. The molecule has 7 heteroatoms. The maximum Gasteiger partial charge on any atom is 0.228 e. The highest BCUT2D eigenvalue weighted by atomic mass is 79.9. The fourth-order valence-electron chi connectivity index (χ4n) is 1.79. The van der Waals surface area contributed by atoms with Gasteiger partial charge < -0.3 is 0 Å². The lowest BCUT2D eigenvalue weighted by molar-refractivity contribution is -0.117. The molecule has 0 aromatic carbocycles. The standard InChI is InChI=1S/C11H12BrN3O2S/c1-7(16)18-6-8-2-11(17)15(5-8)10-4-13-9(12)3-14-10/h3-4,8H,2,5-6H2,1H3. The van der Waals surface area contributed by atoms with Crippen LogP contribution in [0.2, 0.25) is 0 Å². The van der Waals surface area contributed by atoms with Crippen molar-refractivity contribution in [2.75, 3.05) is 17.2 Å². The van der Waals surface area contributed by atoms with Crippen LogP contribution < -0.4 is 4.90 Å². The smallest absolute Gasteiger partial charge is 0.228 e. The minimum Gasteiger partial charge on any atom is -0.295 e. The Morgan fingerprint density at radius 2 is 2.33 bits per heavy atom. The molecule has 0 radical (unpaired) electrons. The summed E-state index contributed by atoms with van der Waals surface area (Å²) >= 11 is 4.47. The molecule has 1 amide bonds. The lowest BCUT2D eigenvalue weighted by Crippen LogP contribution is -2.25. The van der Waals surface area contributed by atoms with Gasteiger partial charge in [0.1, 0.15) is 4.60 Å². The number of hydrogen-bond acceptors (Lipinski definition) is 5. The number of anilines is 1. The third kappa shape index (κ3) is 3.29. The van der Waals surface area contributed by atoms with Crippen LogP contribution in [-0.2, 0) is 9.59 Å². The average molecular weight is 330 g/mol. The van der Waals surface area contributed by atoms with Crippen LogP contribution in [0.3, 0.4) is 0 Å². The SMILES string of the molecule is CC(=O)SCC1CC(=O)N(c2cnc(Br)cn2)C1. The molecule has 18 heavy (non-hydrogen) atoms. The molecular weight excluding hydrogens is 318 g/mol. The fraction of sp³-hybridized carbons (Fsp3) is 0.455. The monoisotopic (exact) mass is 329 g/mol. The first-order valence-electron chi connectivity index (χ1n) is 5.47. The molecule has 1 aliphatic rings. The van der Waals surface area contributed by atoms with Gasteiger partial charge in [0, 0.05) is 25.6 Å². The minimum absolute atomic E-state index is 0.0424. The number of hydrogen-bond donors (Lipinski definition) is 0. The van der Waals surface area contributed by atoms with Crippen LogP contribution in [-0.4, -0.2) is 33.3 Å². The predicted molar refractivity (Wildman–Crippen MR) is 73.3 cm³/mol. The topological polar surface area (TPSA) is 63.2 Å². The maximum absolute atomic E-state index is 11.9. The van der Waals surface area contributed by atoms with Gasteiger partial charge in [0.05, 0.1) is 12.4 Å². The number of carbonyl (C=O) groups is 2. The van der Waals surface area contributed by atoms with Gasteiger partial charge >= 0.3 is 0 Å². The molecule has 2 heterocycles. The Kier molecular flexibility index (Phi) is 4.34. The van der Waals surface area contributed by atoms with E-state index in [2.05, 4.69) is 25.9 Å². The molecule has 2 rings (SSSR count). The summed E-state index contributed by atoms with van der Waals surface area (Å²) in [7, 11) is 0. The van der Waals surface area contributed by atoms with E-state index in [1.165, 1.54) is 11.8 Å². The lowest BCUT2D eigenvalue weighted by Gasteiger charge is -2.14. The Balaban J connectivity index is 2.00. The van der Waals surface area contributed by atoms with E-state index in [0.717, 1.165) is 0 Å². The molecule has 1 saturated heterocycles. The molecule has 1 fully saturated rings. The van der Waals surface area contributed by atoms with Gasteiger partial charge in [0.2, 0.25) is 5.91 Å². The summed E-state index contributed by atoms with van der Waals surface area (Å²) in [5.74, 6) is 1.50. The Bertz CT molecular complexity index is 466. The van der Waals surface area contributed by atoms with Crippen molar-refractivity contribution < 1.29 is 9.59 Å². The first kappa shape index (κ1) is 13.5. The minimum atomic E-state index is 0.0424. The zero-order valence-electron chi connectivity index (χ0n) is 9.80. The molecule has 0 aliphatic carbocycles. The van der Waals surface area contributed by atoms with Crippen molar-refractivity contribution in [1.29, 1.82) is 0 Å². The molecule has 0 bridgehead atoms. The quantitative estimate of drug-likeness (QED) is 0.847. The van der Waals surface area contributed by atoms with E-state index in [4.69, 9.17) is 0 Å². The lowest BCUT2D eigenvalue weighted by atomic mass is 10.1. The van der Waals surface area contributed by atoms with Crippen LogP contribution in [0.4, 0.5) is 5.82 Å². The summed E-state index contributed by atoms with van der Waals surface area (Å²) in [5, 5.41) is 0.0873. The van der Waals surface area contributed by atoms with Gasteiger partial charge in [-0.2, -0.15) is 0 Å². The first-order valence-corrected chi connectivity index (χ1v) is 7.25. The summed E-state index contributed by atoms with van der Waals surface area (Å²) < 4.78 is 0.640. The van der Waals surface area contributed by atoms with Crippen LogP contribution in [0.1, 0.15) is 13.3 Å². The molecule has 1 aromatic heterocycles. The number of halogens is 1. The molecule has 0 saturated carbocycles. The van der Waals surface area contributed by atoms with E-state index in [-0.39, 0.29) is 16.9 Å². The summed E-state index contributed by atoms with van der Waals surface area (Å²) in [6.45, 7) is 2.15. The van der Waals surface area contributed by atoms with Gasteiger partial charge in [-0.1, -0.05) is 11.8 Å². The number of amides is 1. The van der Waals surface area contributed by atoms with Gasteiger partial charge in [-0.05, 0) is 21.8 Å². The van der Waals surface area contributed by atoms with E-state index in [1.54, 1.807) is 24.2 Å². The van der Waals surface area contributed by atoms with Gasteiger partial charge in [-0.3, -0.25) is 14.5 Å². The van der Waals surface area contributed by atoms with Crippen molar-refractivity contribution in [3.8, 4) is 0 Å². The summed E-state index contributed by atoms with van der Waals surface area (Å²) in [6.07, 6.45) is 3.61. The van der Waals surface area contributed by atoms with Crippen LogP contribution in [0.15, 0.2) is 17.0 Å². The van der Waals surface area contributed by atoms with Gasteiger partial charge in [0.25, 0.3) is 0 Å². The zero-order valence-corrected chi connectivity index (χ0v) is 12.2. The van der Waals surface area contributed by atoms with Crippen LogP contribution >= 0.6 is 27.7 Å². The Morgan fingerprint density at radius 1 is 1.56 bits per heavy atom. The Morgan fingerprint density at radius 3 is 2.94 bits per heavy atom. The molecule has 1 atom stereocenters. The maximum atomic E-state index is 11.9. The van der Waals surface area contributed by atoms with E-state index >= 15 is 0 Å². The summed E-state index contributed by atoms with van der Waals surface area (Å²) in [5.41, 5.74) is 0. The van der Waals surface area contributed by atoms with Crippen molar-refractivity contribution in [1.82, 2.24) is 9.97 Å². The van der Waals surface area contributed by atoms with Gasteiger partial charge in [0.15, 0.2) is 10.9 Å². The van der Waals surface area contributed by atoms with E-state index in [0.29, 0.717) is 29.1 Å². The van der Waals surface area contributed by atoms with Crippen molar-refractivity contribution in [2.24, 2.45) is 5.92 Å². The van der Waals surface area contributed by atoms with Crippen molar-refractivity contribution in [3.63, 3.8) is 0 Å². The Labute approximate surface area is 117 Å².